The number of carboxylic acids is 2. The fraction of sp³-hybridized carbons (Fsp3) is 0.441. The van der Waals surface area contributed by atoms with E-state index in [1.807, 2.05) is 36.4 Å². The van der Waals surface area contributed by atoms with Gasteiger partial charge in [0.25, 0.3) is 5.91 Å². The van der Waals surface area contributed by atoms with E-state index in [0.29, 0.717) is 13.0 Å². The Morgan fingerprint density at radius 1 is 0.698 bits per heavy atom. The number of nitrogens with one attached hydrogen (secondary N) is 1. The van der Waals surface area contributed by atoms with Crippen LogP contribution in [0.5, 0.6) is 0 Å². The minimum atomic E-state index is -1.72. The molecule has 0 fully saturated rings. The topological polar surface area (TPSA) is 122 Å². The van der Waals surface area contributed by atoms with Gasteiger partial charge in [-0.15, -0.1) is 0 Å². The van der Waals surface area contributed by atoms with E-state index in [9.17, 15) is 19.5 Å². The van der Waals surface area contributed by atoms with Crippen LogP contribution in [0.25, 0.3) is 10.8 Å². The summed E-state index contributed by atoms with van der Waals surface area (Å²) in [5.41, 5.74) is 2.50. The van der Waals surface area contributed by atoms with Crippen molar-refractivity contribution >= 4 is 40.2 Å². The number of hydrogen-bond donors (Lipinski definition) is 3. The molecular weight excluding hydrogens is 570 g/mol. The second kappa shape index (κ2) is 18.9. The van der Waals surface area contributed by atoms with Crippen molar-refractivity contribution in [3.05, 3.63) is 82.9 Å². The zero-order chi connectivity index (χ0) is 30.9. The number of fused-ring (bicyclic) bond motifs is 1. The average Bonchev–Trinajstić information content (AvgIpc) is 2.99. The van der Waals surface area contributed by atoms with Crippen molar-refractivity contribution in [2.75, 3.05) is 19.8 Å². The smallest absolute Gasteiger partial charge is 0.336 e. The van der Waals surface area contributed by atoms with Gasteiger partial charge in [-0.05, 0) is 72.6 Å². The molecule has 232 valence electrons. The number of carbonyl (C=O) groups excluding carboxylic acids is 1. The monoisotopic (exact) mass is 611 g/mol. The number of carbonyl (C=O) groups is 3. The Morgan fingerprint density at radius 3 is 2.05 bits per heavy atom. The van der Waals surface area contributed by atoms with Gasteiger partial charge in [0.2, 0.25) is 0 Å². The zero-order valence-electron chi connectivity index (χ0n) is 24.5. The van der Waals surface area contributed by atoms with E-state index in [0.717, 1.165) is 62.8 Å². The number of ether oxygens (including phenoxy) is 2. The predicted octanol–water partition coefficient (Wildman–Crippen LogP) is 6.46. The number of carboxylic acid groups (broad SMARTS) is 2. The molecule has 3 rings (SSSR count). The summed E-state index contributed by atoms with van der Waals surface area (Å²) in [4.78, 5) is 35.8. The van der Waals surface area contributed by atoms with Gasteiger partial charge < -0.3 is 25.0 Å². The maximum absolute atomic E-state index is 12.9. The molecule has 3 aromatic rings. The Kier molecular flexibility index (Phi) is 15.0. The first-order valence-electron chi connectivity index (χ1n) is 15.0. The maximum Gasteiger partial charge on any atom is 0.336 e. The lowest BCUT2D eigenvalue weighted by molar-refractivity contribution is -0.172. The highest BCUT2D eigenvalue weighted by Crippen LogP contribution is 2.18. The summed E-state index contributed by atoms with van der Waals surface area (Å²) >= 11 is 5.93. The fourth-order valence-electron chi connectivity index (χ4n) is 4.91. The molecule has 9 heteroatoms. The number of halogens is 1. The third-order valence-corrected chi connectivity index (χ3v) is 7.49. The van der Waals surface area contributed by atoms with E-state index in [1.165, 1.54) is 21.9 Å². The van der Waals surface area contributed by atoms with E-state index in [-0.39, 0.29) is 6.61 Å². The van der Waals surface area contributed by atoms with Gasteiger partial charge in [0.1, 0.15) is 6.61 Å². The van der Waals surface area contributed by atoms with Gasteiger partial charge in [-0.25, -0.2) is 9.59 Å². The second-order valence-corrected chi connectivity index (χ2v) is 11.1. The summed E-state index contributed by atoms with van der Waals surface area (Å²) in [5.74, 6) is -3.38. The minimum absolute atomic E-state index is 0.156. The summed E-state index contributed by atoms with van der Waals surface area (Å²) < 4.78 is 10.8. The Labute approximate surface area is 258 Å². The second-order valence-electron chi connectivity index (χ2n) is 10.7. The molecule has 3 N–H and O–H groups in total. The third-order valence-electron chi connectivity index (χ3n) is 7.24. The lowest BCUT2D eigenvalue weighted by Gasteiger charge is -2.23. The van der Waals surface area contributed by atoms with Crippen LogP contribution in [-0.4, -0.2) is 60.0 Å². The zero-order valence-corrected chi connectivity index (χ0v) is 25.3. The van der Waals surface area contributed by atoms with Crippen LogP contribution in [0.15, 0.2) is 66.7 Å². The lowest BCUT2D eigenvalue weighted by Crippen LogP contribution is -2.49. The Balaban J connectivity index is 1.38. The van der Waals surface area contributed by atoms with E-state index < -0.39 is 36.7 Å². The maximum atomic E-state index is 12.9. The Bertz CT molecular complexity index is 1300. The van der Waals surface area contributed by atoms with Gasteiger partial charge in [0.05, 0.1) is 0 Å². The number of hydrogen-bond acceptors (Lipinski definition) is 5. The van der Waals surface area contributed by atoms with E-state index in [1.54, 1.807) is 0 Å². The van der Waals surface area contributed by atoms with Crippen LogP contribution in [0.2, 0.25) is 5.02 Å². The van der Waals surface area contributed by atoms with Crippen LogP contribution < -0.4 is 5.32 Å². The number of aliphatic carboxylic acids is 2. The average molecular weight is 612 g/mol. The molecule has 0 heterocycles. The molecule has 43 heavy (non-hydrogen) atoms. The highest BCUT2D eigenvalue weighted by Gasteiger charge is 2.36. The van der Waals surface area contributed by atoms with Crippen LogP contribution in [0.4, 0.5) is 0 Å². The number of benzene rings is 3. The van der Waals surface area contributed by atoms with Gasteiger partial charge in [-0.3, -0.25) is 4.79 Å². The molecule has 8 nitrogen and oxygen atoms in total. The van der Waals surface area contributed by atoms with E-state index >= 15 is 0 Å². The first-order chi connectivity index (χ1) is 20.8. The van der Waals surface area contributed by atoms with Crippen molar-refractivity contribution in [3.8, 4) is 0 Å². The molecule has 0 aromatic heterocycles. The molecular formula is C34H42ClNO7. The molecule has 0 radical (unpaired) electrons. The summed E-state index contributed by atoms with van der Waals surface area (Å²) in [6.07, 6.45) is 5.88. The quantitative estimate of drug-likeness (QED) is 0.118. The molecule has 0 aliphatic heterocycles. The van der Waals surface area contributed by atoms with E-state index in [4.69, 9.17) is 26.2 Å². The summed E-state index contributed by atoms with van der Waals surface area (Å²) in [5, 5.41) is 24.5. The van der Waals surface area contributed by atoms with Crippen LogP contribution in [0.1, 0.15) is 62.5 Å². The number of aryl methyl sites for hydroxylation is 2. The summed E-state index contributed by atoms with van der Waals surface area (Å²) in [6, 6.07) is 22.5. The number of amides is 1. The van der Waals surface area contributed by atoms with Crippen LogP contribution in [-0.2, 0) is 36.7 Å². The summed E-state index contributed by atoms with van der Waals surface area (Å²) in [7, 11) is 0. The normalized spacial score (nSPS) is 12.6. The predicted molar refractivity (Wildman–Crippen MR) is 168 cm³/mol. The standard InChI is InChI=1S/C34H42ClNO7/c35-29-19-16-25(17-20-29)11-5-2-1-3-9-21-36-33(39)31(32(34(40)41)43-24-30(37)38)42-22-10-4-6-12-26-15-18-27-13-7-8-14-28(27)23-26/h7-8,13-20,23,31-32H,1-6,9-12,21-22,24H2,(H,36,39)(H,37,38)(H,40,41). The third kappa shape index (κ3) is 12.7. The van der Waals surface area contributed by atoms with Crippen molar-refractivity contribution in [3.63, 3.8) is 0 Å². The van der Waals surface area contributed by atoms with Crippen molar-refractivity contribution in [2.45, 2.75) is 76.4 Å². The van der Waals surface area contributed by atoms with Crippen molar-refractivity contribution in [1.82, 2.24) is 5.32 Å². The van der Waals surface area contributed by atoms with Crippen molar-refractivity contribution in [2.24, 2.45) is 0 Å². The van der Waals surface area contributed by atoms with Crippen LogP contribution in [0, 0.1) is 0 Å². The Morgan fingerprint density at radius 2 is 1.33 bits per heavy atom. The molecule has 0 saturated heterocycles. The largest absolute Gasteiger partial charge is 0.480 e. The molecule has 2 unspecified atom stereocenters. The van der Waals surface area contributed by atoms with Gasteiger partial charge >= 0.3 is 11.9 Å². The Hall–Kier alpha value is -3.46. The van der Waals surface area contributed by atoms with Crippen molar-refractivity contribution < 1.29 is 34.1 Å². The van der Waals surface area contributed by atoms with Gasteiger partial charge in [0.15, 0.2) is 12.2 Å². The van der Waals surface area contributed by atoms with Crippen LogP contribution in [0.3, 0.4) is 0 Å². The molecule has 1 amide bonds. The number of unbranched alkanes of at least 4 members (excludes halogenated alkanes) is 6. The van der Waals surface area contributed by atoms with Gasteiger partial charge in [0, 0.05) is 18.2 Å². The molecule has 0 aliphatic carbocycles. The SMILES string of the molecule is O=C(O)COC(C(=O)O)C(OCCCCCc1ccc2ccccc2c1)C(=O)NCCCCCCCc1ccc(Cl)cc1. The molecule has 0 bridgehead atoms. The molecule has 0 saturated carbocycles. The highest BCUT2D eigenvalue weighted by molar-refractivity contribution is 6.30. The van der Waals surface area contributed by atoms with Gasteiger partial charge in [-0.2, -0.15) is 0 Å². The van der Waals surface area contributed by atoms with Crippen LogP contribution >= 0.6 is 11.6 Å². The molecule has 0 spiro atoms. The molecule has 0 aliphatic rings. The number of rotatable bonds is 21. The molecule has 3 aromatic carbocycles. The first kappa shape index (κ1) is 34.0. The first-order valence-corrected chi connectivity index (χ1v) is 15.4. The summed E-state index contributed by atoms with van der Waals surface area (Å²) in [6.45, 7) is -0.317. The molecule has 2 atom stereocenters. The van der Waals surface area contributed by atoms with E-state index in [2.05, 4.69) is 35.6 Å². The fourth-order valence-corrected chi connectivity index (χ4v) is 5.04. The minimum Gasteiger partial charge on any atom is -0.480 e. The highest BCUT2D eigenvalue weighted by atomic mass is 35.5. The van der Waals surface area contributed by atoms with Crippen molar-refractivity contribution in [1.29, 1.82) is 0 Å². The van der Waals surface area contributed by atoms with Gasteiger partial charge in [-0.1, -0.05) is 91.9 Å². The lowest BCUT2D eigenvalue weighted by atomic mass is 10.0.